The van der Waals surface area contributed by atoms with E-state index < -0.39 is 5.97 Å². The Kier molecular flexibility index (Phi) is 4.59. The van der Waals surface area contributed by atoms with E-state index in [4.69, 9.17) is 4.42 Å². The summed E-state index contributed by atoms with van der Waals surface area (Å²) in [6, 6.07) is 11.6. The molecule has 1 atom stereocenters. The lowest BCUT2D eigenvalue weighted by Gasteiger charge is -2.16. The van der Waals surface area contributed by atoms with E-state index in [2.05, 4.69) is 15.8 Å². The molecule has 6 heteroatoms. The van der Waals surface area contributed by atoms with Gasteiger partial charge in [0.2, 0.25) is 5.76 Å². The number of fused-ring (bicyclic) bond motifs is 1. The monoisotopic (exact) mass is 333 g/mol. The Labute approximate surface area is 137 Å². The average Bonchev–Trinajstić information content (AvgIpc) is 3.04. The van der Waals surface area contributed by atoms with Crippen LogP contribution in [0.2, 0.25) is 0 Å². The molecule has 1 aliphatic heterocycles. The predicted molar refractivity (Wildman–Crippen MR) is 90.9 cm³/mol. The number of carbonyl (C=O) groups excluding carboxylic acids is 1. The van der Waals surface area contributed by atoms with Gasteiger partial charge in [0.25, 0.3) is 0 Å². The summed E-state index contributed by atoms with van der Waals surface area (Å²) in [4.78, 5) is 16.1. The molecule has 0 unspecified atom stereocenters. The van der Waals surface area contributed by atoms with Gasteiger partial charge in [-0.05, 0) is 30.7 Å². The molecule has 0 saturated heterocycles. The molecule has 0 saturated carbocycles. The van der Waals surface area contributed by atoms with Gasteiger partial charge in [-0.3, -0.25) is 0 Å². The number of esters is 1. The molecule has 2 heterocycles. The summed E-state index contributed by atoms with van der Waals surface area (Å²) < 4.78 is 11.2. The number of benzene rings is 1. The van der Waals surface area contributed by atoms with E-state index >= 15 is 0 Å². The molecule has 2 aromatic rings. The Morgan fingerprint density at radius 3 is 3.00 bits per heavy atom. The Balaban J connectivity index is 1.72. The van der Waals surface area contributed by atoms with Gasteiger partial charge in [0.1, 0.15) is 10.1 Å². The number of rotatable bonds is 3. The van der Waals surface area contributed by atoms with Crippen LogP contribution in [-0.2, 0) is 10.5 Å². The number of thioether (sulfide) groups is 2. The van der Waals surface area contributed by atoms with Crippen LogP contribution in [0.3, 0.4) is 0 Å². The lowest BCUT2D eigenvalue weighted by molar-refractivity contribution is 0.0563. The summed E-state index contributed by atoms with van der Waals surface area (Å²) in [6.07, 6.45) is 0. The number of para-hydroxylation sites is 1. The van der Waals surface area contributed by atoms with Gasteiger partial charge >= 0.3 is 5.97 Å². The first-order chi connectivity index (χ1) is 10.7. The fraction of sp³-hybridized carbons (Fsp3) is 0.250. The average molecular weight is 333 g/mol. The van der Waals surface area contributed by atoms with Crippen molar-refractivity contribution in [2.75, 3.05) is 7.11 Å². The Morgan fingerprint density at radius 1 is 1.36 bits per heavy atom. The number of carbonyl (C=O) groups is 1. The highest BCUT2D eigenvalue weighted by Gasteiger charge is 2.20. The van der Waals surface area contributed by atoms with Crippen molar-refractivity contribution < 1.29 is 13.9 Å². The van der Waals surface area contributed by atoms with Gasteiger partial charge in [-0.1, -0.05) is 41.7 Å². The molecule has 0 N–H and O–H groups in total. The highest BCUT2D eigenvalue weighted by Crippen LogP contribution is 2.40. The second kappa shape index (κ2) is 6.62. The van der Waals surface area contributed by atoms with E-state index in [0.29, 0.717) is 0 Å². The minimum atomic E-state index is -0.457. The molecular formula is C16H15NO3S2. The molecule has 1 aromatic heterocycles. The molecule has 114 valence electrons. The fourth-order valence-electron chi connectivity index (χ4n) is 2.06. The standard InChI is InChI=1S/C16H15NO3S2/c1-10(13-7-8-14(20-13)15(18)19-2)22-16-17-12-6-4-3-5-11(12)9-21-16/h3-8,10H,9H2,1-2H3/t10-/m1/s1. The number of hydrogen-bond acceptors (Lipinski definition) is 6. The molecule has 0 aliphatic carbocycles. The summed E-state index contributed by atoms with van der Waals surface area (Å²) in [7, 11) is 1.34. The zero-order valence-corrected chi connectivity index (χ0v) is 13.9. The first kappa shape index (κ1) is 15.2. The molecule has 1 aromatic carbocycles. The fourth-order valence-corrected chi connectivity index (χ4v) is 4.33. The molecule has 0 fully saturated rings. The highest BCUT2D eigenvalue weighted by molar-refractivity contribution is 8.38. The number of nitrogens with zero attached hydrogens (tertiary/aromatic N) is 1. The van der Waals surface area contributed by atoms with Crippen LogP contribution in [-0.4, -0.2) is 17.5 Å². The van der Waals surface area contributed by atoms with Gasteiger partial charge in [0, 0.05) is 5.75 Å². The molecule has 1 aliphatic rings. The van der Waals surface area contributed by atoms with E-state index in [9.17, 15) is 4.79 Å². The van der Waals surface area contributed by atoms with E-state index in [1.165, 1.54) is 12.7 Å². The lowest BCUT2D eigenvalue weighted by Crippen LogP contribution is -1.99. The molecule has 3 rings (SSSR count). The number of aliphatic imine (C=N–C) groups is 1. The highest BCUT2D eigenvalue weighted by atomic mass is 32.2. The van der Waals surface area contributed by atoms with E-state index in [1.54, 1.807) is 29.6 Å². The smallest absolute Gasteiger partial charge is 0.373 e. The maximum Gasteiger partial charge on any atom is 0.373 e. The molecule has 0 spiro atoms. The summed E-state index contributed by atoms with van der Waals surface area (Å²) in [5.41, 5.74) is 2.29. The van der Waals surface area contributed by atoms with Gasteiger partial charge in [-0.25, -0.2) is 9.79 Å². The van der Waals surface area contributed by atoms with Crippen LogP contribution in [0.15, 0.2) is 45.8 Å². The summed E-state index contributed by atoms with van der Waals surface area (Å²) in [5, 5.41) is 0.0786. The van der Waals surface area contributed by atoms with Crippen molar-refractivity contribution in [1.82, 2.24) is 0 Å². The number of ether oxygens (including phenoxy) is 1. The number of furan rings is 1. The van der Waals surface area contributed by atoms with Crippen LogP contribution in [0, 0.1) is 0 Å². The van der Waals surface area contributed by atoms with Gasteiger partial charge in [-0.15, -0.1) is 0 Å². The van der Waals surface area contributed by atoms with Crippen LogP contribution in [0.5, 0.6) is 0 Å². The summed E-state index contributed by atoms with van der Waals surface area (Å²) in [6.45, 7) is 2.04. The van der Waals surface area contributed by atoms with E-state index in [0.717, 1.165) is 21.6 Å². The van der Waals surface area contributed by atoms with Crippen molar-refractivity contribution in [1.29, 1.82) is 0 Å². The van der Waals surface area contributed by atoms with Crippen LogP contribution in [0.1, 0.15) is 34.1 Å². The Bertz CT molecular complexity index is 724. The van der Waals surface area contributed by atoms with Gasteiger partial charge in [0.05, 0.1) is 18.0 Å². The number of hydrogen-bond donors (Lipinski definition) is 0. The molecule has 22 heavy (non-hydrogen) atoms. The van der Waals surface area contributed by atoms with Crippen LogP contribution < -0.4 is 0 Å². The van der Waals surface area contributed by atoms with Crippen molar-refractivity contribution in [2.45, 2.75) is 17.9 Å². The molecule has 0 amide bonds. The maximum atomic E-state index is 11.4. The predicted octanol–water partition coefficient (Wildman–Crippen LogP) is 4.79. The van der Waals surface area contributed by atoms with Crippen molar-refractivity contribution >= 4 is 39.6 Å². The summed E-state index contributed by atoms with van der Waals surface area (Å²) >= 11 is 3.36. The third-order valence-corrected chi connectivity index (χ3v) is 5.56. The topological polar surface area (TPSA) is 51.8 Å². The second-order valence-corrected chi connectivity index (χ2v) is 7.30. The van der Waals surface area contributed by atoms with Crippen molar-refractivity contribution in [2.24, 2.45) is 4.99 Å². The van der Waals surface area contributed by atoms with Crippen LogP contribution >= 0.6 is 23.5 Å². The minimum absolute atomic E-state index is 0.0786. The minimum Gasteiger partial charge on any atom is -0.463 e. The van der Waals surface area contributed by atoms with E-state index in [1.807, 2.05) is 31.2 Å². The molecule has 0 radical (unpaired) electrons. The molecular weight excluding hydrogens is 318 g/mol. The Hall–Kier alpha value is -1.66. The Morgan fingerprint density at radius 2 is 2.18 bits per heavy atom. The van der Waals surface area contributed by atoms with Crippen LogP contribution in [0.4, 0.5) is 5.69 Å². The SMILES string of the molecule is COC(=O)c1ccc([C@@H](C)SC2=Nc3ccccc3CS2)o1. The quantitative estimate of drug-likeness (QED) is 0.756. The number of methoxy groups -OCH3 is 1. The van der Waals surface area contributed by atoms with Crippen molar-refractivity contribution in [3.63, 3.8) is 0 Å². The van der Waals surface area contributed by atoms with Gasteiger partial charge in [0.15, 0.2) is 0 Å². The third-order valence-electron chi connectivity index (χ3n) is 3.25. The van der Waals surface area contributed by atoms with Crippen molar-refractivity contribution in [3.8, 4) is 0 Å². The second-order valence-electron chi connectivity index (χ2n) is 4.75. The molecule has 0 bridgehead atoms. The van der Waals surface area contributed by atoms with E-state index in [-0.39, 0.29) is 11.0 Å². The normalized spacial score (nSPS) is 14.9. The lowest BCUT2D eigenvalue weighted by atomic mass is 10.2. The third kappa shape index (κ3) is 3.23. The maximum absolute atomic E-state index is 11.4. The van der Waals surface area contributed by atoms with Gasteiger partial charge in [-0.2, -0.15) is 0 Å². The zero-order chi connectivity index (χ0) is 15.5. The summed E-state index contributed by atoms with van der Waals surface area (Å²) in [5.74, 6) is 1.45. The first-order valence-electron chi connectivity index (χ1n) is 6.81. The van der Waals surface area contributed by atoms with Crippen LogP contribution in [0.25, 0.3) is 0 Å². The van der Waals surface area contributed by atoms with Gasteiger partial charge < -0.3 is 9.15 Å². The zero-order valence-electron chi connectivity index (χ0n) is 12.2. The molecule has 4 nitrogen and oxygen atoms in total. The largest absolute Gasteiger partial charge is 0.463 e. The van der Waals surface area contributed by atoms with Crippen molar-refractivity contribution in [3.05, 3.63) is 53.5 Å². The first-order valence-corrected chi connectivity index (χ1v) is 8.68.